The topological polar surface area (TPSA) is 16.1 Å². The highest BCUT2D eigenvalue weighted by Gasteiger charge is 2.47. The van der Waals surface area contributed by atoms with Gasteiger partial charge >= 0.3 is 0 Å². The van der Waals surface area contributed by atoms with Gasteiger partial charge in [-0.3, -0.25) is 4.98 Å². The van der Waals surface area contributed by atoms with Crippen molar-refractivity contribution in [2.45, 2.75) is 5.41 Å². The molecular formula is C50H34N2. The summed E-state index contributed by atoms with van der Waals surface area (Å²) in [5.41, 5.74) is 12.6. The van der Waals surface area contributed by atoms with E-state index in [2.05, 4.69) is 205 Å². The Morgan fingerprint density at radius 3 is 1.81 bits per heavy atom. The molecule has 2 heteroatoms. The Bertz CT molecular complexity index is 2700. The van der Waals surface area contributed by atoms with Gasteiger partial charge in [0.2, 0.25) is 0 Å². The Kier molecular flexibility index (Phi) is 7.07. The SMILES string of the molecule is c1ccc(N(c2ccc3ccc(-c4cc5ccccc5cn4)cc3c2)c2cccc3c2-c2ccccc2C3(c2ccccc2)c2ccccc2)cc1. The number of benzene rings is 8. The lowest BCUT2D eigenvalue weighted by molar-refractivity contribution is 0.768. The summed E-state index contributed by atoms with van der Waals surface area (Å²) >= 11 is 0. The van der Waals surface area contributed by atoms with Gasteiger partial charge in [0.1, 0.15) is 0 Å². The first-order chi connectivity index (χ1) is 25.8. The third-order valence-corrected chi connectivity index (χ3v) is 10.7. The average Bonchev–Trinajstić information content (AvgIpc) is 3.53. The summed E-state index contributed by atoms with van der Waals surface area (Å²) in [5.74, 6) is 0. The first kappa shape index (κ1) is 30.1. The third kappa shape index (κ3) is 4.69. The maximum absolute atomic E-state index is 4.85. The second kappa shape index (κ2) is 12.2. The van der Waals surface area contributed by atoms with Crippen molar-refractivity contribution in [3.8, 4) is 22.4 Å². The monoisotopic (exact) mass is 662 g/mol. The summed E-state index contributed by atoms with van der Waals surface area (Å²) in [5, 5.41) is 4.70. The van der Waals surface area contributed by atoms with E-state index >= 15 is 0 Å². The number of aromatic nitrogens is 1. The minimum atomic E-state index is -0.474. The lowest BCUT2D eigenvalue weighted by Crippen LogP contribution is -2.28. The molecule has 1 aliphatic rings. The number of hydrogen-bond acceptors (Lipinski definition) is 2. The van der Waals surface area contributed by atoms with Crippen molar-refractivity contribution in [2.75, 3.05) is 4.90 Å². The summed E-state index contributed by atoms with van der Waals surface area (Å²) in [6.45, 7) is 0. The van der Waals surface area contributed by atoms with Gasteiger partial charge in [-0.1, -0.05) is 158 Å². The maximum atomic E-state index is 4.85. The molecule has 1 aliphatic carbocycles. The van der Waals surface area contributed by atoms with Gasteiger partial charge < -0.3 is 4.90 Å². The number of hydrogen-bond donors (Lipinski definition) is 0. The number of rotatable bonds is 6. The van der Waals surface area contributed by atoms with Crippen molar-refractivity contribution in [1.29, 1.82) is 0 Å². The molecule has 10 rings (SSSR count). The van der Waals surface area contributed by atoms with E-state index in [1.807, 2.05) is 6.20 Å². The van der Waals surface area contributed by atoms with Crippen molar-refractivity contribution in [2.24, 2.45) is 0 Å². The Morgan fingerprint density at radius 1 is 0.404 bits per heavy atom. The van der Waals surface area contributed by atoms with E-state index in [1.165, 1.54) is 49.5 Å². The molecule has 0 spiro atoms. The van der Waals surface area contributed by atoms with Crippen molar-refractivity contribution in [3.63, 3.8) is 0 Å². The molecule has 9 aromatic rings. The fourth-order valence-corrected chi connectivity index (χ4v) is 8.44. The van der Waals surface area contributed by atoms with Crippen LogP contribution in [0.5, 0.6) is 0 Å². The van der Waals surface area contributed by atoms with E-state index in [1.54, 1.807) is 0 Å². The van der Waals surface area contributed by atoms with Crippen LogP contribution in [0.3, 0.4) is 0 Å². The minimum absolute atomic E-state index is 0.474. The molecule has 0 unspecified atom stereocenters. The van der Waals surface area contributed by atoms with Gasteiger partial charge in [0.05, 0.1) is 16.8 Å². The molecule has 0 amide bonds. The number of pyridine rings is 1. The Hall–Kier alpha value is -6.77. The Labute approximate surface area is 303 Å². The zero-order chi connectivity index (χ0) is 34.5. The number of para-hydroxylation sites is 1. The third-order valence-electron chi connectivity index (χ3n) is 10.7. The van der Waals surface area contributed by atoms with Crippen LogP contribution in [0, 0.1) is 0 Å². The molecule has 1 aromatic heterocycles. The molecule has 244 valence electrons. The van der Waals surface area contributed by atoms with Crippen LogP contribution >= 0.6 is 0 Å². The second-order valence-corrected chi connectivity index (χ2v) is 13.6. The summed E-state index contributed by atoms with van der Waals surface area (Å²) in [6, 6.07) is 72.7. The summed E-state index contributed by atoms with van der Waals surface area (Å²) < 4.78 is 0. The fourth-order valence-electron chi connectivity index (χ4n) is 8.44. The van der Waals surface area contributed by atoms with Crippen LogP contribution in [0.2, 0.25) is 0 Å². The van der Waals surface area contributed by atoms with Crippen LogP contribution in [0.4, 0.5) is 17.1 Å². The van der Waals surface area contributed by atoms with Gasteiger partial charge in [-0.2, -0.15) is 0 Å². The number of fused-ring (bicyclic) bond motifs is 5. The lowest BCUT2D eigenvalue weighted by Gasteiger charge is -2.34. The zero-order valence-corrected chi connectivity index (χ0v) is 28.5. The van der Waals surface area contributed by atoms with E-state index in [4.69, 9.17) is 4.98 Å². The van der Waals surface area contributed by atoms with Gasteiger partial charge in [0, 0.05) is 34.1 Å². The molecule has 8 aromatic carbocycles. The molecule has 0 radical (unpaired) electrons. The highest BCUT2D eigenvalue weighted by atomic mass is 15.1. The van der Waals surface area contributed by atoms with Gasteiger partial charge in [-0.05, 0) is 86.4 Å². The Morgan fingerprint density at radius 2 is 1.04 bits per heavy atom. The fraction of sp³-hybridized carbons (Fsp3) is 0.0200. The molecule has 0 saturated carbocycles. The van der Waals surface area contributed by atoms with Crippen LogP contribution < -0.4 is 4.90 Å². The molecule has 0 atom stereocenters. The molecule has 0 fully saturated rings. The normalized spacial score (nSPS) is 12.8. The molecule has 0 bridgehead atoms. The van der Waals surface area contributed by atoms with Crippen molar-refractivity contribution < 1.29 is 0 Å². The standard InChI is InChI=1S/C50H34N2/c1-4-17-40(18-5-1)50(41-19-6-2-7-20-41)45-24-13-12-23-44(45)49-46(50)25-14-26-48(49)52(42-21-8-3-9-22-42)43-30-29-35-27-28-37(31-39(35)32-43)47-33-36-15-10-11-16-38(36)34-51-47/h1-34H. The predicted molar refractivity (Wildman–Crippen MR) is 217 cm³/mol. The van der Waals surface area contributed by atoms with Gasteiger partial charge in [0.15, 0.2) is 0 Å². The molecule has 0 saturated heterocycles. The molecule has 52 heavy (non-hydrogen) atoms. The zero-order valence-electron chi connectivity index (χ0n) is 28.5. The number of anilines is 3. The highest BCUT2D eigenvalue weighted by molar-refractivity contribution is 5.99. The molecule has 1 heterocycles. The van der Waals surface area contributed by atoms with Crippen LogP contribution in [-0.2, 0) is 5.41 Å². The Balaban J connectivity index is 1.21. The summed E-state index contributed by atoms with van der Waals surface area (Å²) in [6.07, 6.45) is 1.97. The van der Waals surface area contributed by atoms with E-state index < -0.39 is 5.41 Å². The summed E-state index contributed by atoms with van der Waals surface area (Å²) in [4.78, 5) is 7.28. The van der Waals surface area contributed by atoms with E-state index in [0.717, 1.165) is 33.7 Å². The van der Waals surface area contributed by atoms with Gasteiger partial charge in [-0.15, -0.1) is 0 Å². The molecular weight excluding hydrogens is 629 g/mol. The van der Waals surface area contributed by atoms with Gasteiger partial charge in [0.25, 0.3) is 0 Å². The lowest BCUT2D eigenvalue weighted by atomic mass is 9.68. The van der Waals surface area contributed by atoms with Crippen LogP contribution in [-0.4, -0.2) is 4.98 Å². The molecule has 0 N–H and O–H groups in total. The van der Waals surface area contributed by atoms with E-state index in [-0.39, 0.29) is 0 Å². The van der Waals surface area contributed by atoms with Crippen molar-refractivity contribution in [3.05, 3.63) is 229 Å². The highest BCUT2D eigenvalue weighted by Crippen LogP contribution is 2.59. The second-order valence-electron chi connectivity index (χ2n) is 13.6. The van der Waals surface area contributed by atoms with Crippen LogP contribution in [0.15, 0.2) is 206 Å². The molecule has 0 aliphatic heterocycles. The first-order valence-electron chi connectivity index (χ1n) is 17.9. The largest absolute Gasteiger partial charge is 0.310 e. The predicted octanol–water partition coefficient (Wildman–Crippen LogP) is 12.9. The van der Waals surface area contributed by atoms with E-state index in [0.29, 0.717) is 0 Å². The average molecular weight is 663 g/mol. The minimum Gasteiger partial charge on any atom is -0.310 e. The van der Waals surface area contributed by atoms with Gasteiger partial charge in [-0.25, -0.2) is 0 Å². The van der Waals surface area contributed by atoms with Crippen LogP contribution in [0.1, 0.15) is 22.3 Å². The molecule has 2 nitrogen and oxygen atoms in total. The smallest absolute Gasteiger partial charge is 0.0714 e. The summed E-state index contributed by atoms with van der Waals surface area (Å²) in [7, 11) is 0. The number of nitrogens with zero attached hydrogens (tertiary/aromatic N) is 2. The quantitative estimate of drug-likeness (QED) is 0.176. The first-order valence-corrected chi connectivity index (χ1v) is 17.9. The van der Waals surface area contributed by atoms with Crippen molar-refractivity contribution >= 4 is 38.6 Å². The maximum Gasteiger partial charge on any atom is 0.0714 e. The van der Waals surface area contributed by atoms with Crippen molar-refractivity contribution in [1.82, 2.24) is 4.98 Å². The van der Waals surface area contributed by atoms with Crippen LogP contribution in [0.25, 0.3) is 43.9 Å². The van der Waals surface area contributed by atoms with E-state index in [9.17, 15) is 0 Å².